The lowest BCUT2D eigenvalue weighted by Gasteiger charge is -2.13. The maximum absolute atomic E-state index is 13.1. The molecule has 0 radical (unpaired) electrons. The molecule has 0 saturated heterocycles. The number of benzene rings is 2. The highest BCUT2D eigenvalue weighted by Gasteiger charge is 2.18. The number of ether oxygens (including phenoxy) is 1. The molecular weight excluding hydrogens is 293 g/mol. The van der Waals surface area contributed by atoms with Crippen LogP contribution in [0.3, 0.4) is 0 Å². The fraction of sp³-hybridized carbons (Fsp3) is 0.143. The molecule has 1 N–H and O–H groups in total. The zero-order valence-electron chi connectivity index (χ0n) is 10.3. The largest absolute Gasteiger partial charge is 0.495 e. The molecule has 6 heteroatoms. The lowest BCUT2D eigenvalue weighted by molar-refractivity contribution is 0.218. The maximum atomic E-state index is 13.1. The standard InChI is InChI=1S/C14H10ClF3O2/c1-20-12-3-2-7(4-9(12)15)14(19)8-5-10(16)13(18)11(17)6-8/h2-6,14,19H,1H3. The van der Waals surface area contributed by atoms with E-state index >= 15 is 0 Å². The van der Waals surface area contributed by atoms with Gasteiger partial charge in [-0.15, -0.1) is 0 Å². The van der Waals surface area contributed by atoms with Crippen molar-refractivity contribution in [2.24, 2.45) is 0 Å². The molecule has 0 aliphatic heterocycles. The third-order valence-corrected chi connectivity index (χ3v) is 3.11. The highest BCUT2D eigenvalue weighted by Crippen LogP contribution is 2.31. The van der Waals surface area contributed by atoms with Gasteiger partial charge in [0.15, 0.2) is 17.5 Å². The van der Waals surface area contributed by atoms with Crippen molar-refractivity contribution < 1.29 is 23.0 Å². The second-order valence-corrected chi connectivity index (χ2v) is 4.50. The molecule has 1 unspecified atom stereocenters. The molecule has 0 aliphatic carbocycles. The molecule has 0 amide bonds. The summed E-state index contributed by atoms with van der Waals surface area (Å²) in [5.41, 5.74) is 0.198. The Kier molecular flexibility index (Phi) is 4.20. The molecule has 2 aromatic carbocycles. The van der Waals surface area contributed by atoms with Crippen LogP contribution in [0.1, 0.15) is 17.2 Å². The third-order valence-electron chi connectivity index (χ3n) is 2.81. The van der Waals surface area contributed by atoms with Crippen LogP contribution < -0.4 is 4.74 Å². The van der Waals surface area contributed by atoms with Gasteiger partial charge < -0.3 is 9.84 Å². The van der Waals surface area contributed by atoms with Crippen molar-refractivity contribution in [3.8, 4) is 5.75 Å². The smallest absolute Gasteiger partial charge is 0.194 e. The van der Waals surface area contributed by atoms with Gasteiger partial charge in [0.25, 0.3) is 0 Å². The highest BCUT2D eigenvalue weighted by molar-refractivity contribution is 6.32. The van der Waals surface area contributed by atoms with E-state index in [0.717, 1.165) is 12.1 Å². The normalized spacial score (nSPS) is 12.3. The number of hydrogen-bond acceptors (Lipinski definition) is 2. The van der Waals surface area contributed by atoms with Gasteiger partial charge in [0.1, 0.15) is 11.9 Å². The van der Waals surface area contributed by atoms with Gasteiger partial charge in [-0.3, -0.25) is 0 Å². The van der Waals surface area contributed by atoms with Gasteiger partial charge in [-0.05, 0) is 35.4 Å². The molecule has 1 atom stereocenters. The third kappa shape index (κ3) is 2.73. The topological polar surface area (TPSA) is 29.5 Å². The van der Waals surface area contributed by atoms with E-state index in [1.807, 2.05) is 0 Å². The van der Waals surface area contributed by atoms with Crippen LogP contribution in [0, 0.1) is 17.5 Å². The van der Waals surface area contributed by atoms with Gasteiger partial charge in [-0.25, -0.2) is 13.2 Å². The van der Waals surface area contributed by atoms with E-state index in [2.05, 4.69) is 0 Å². The zero-order valence-corrected chi connectivity index (χ0v) is 11.1. The van der Waals surface area contributed by atoms with Gasteiger partial charge in [-0.2, -0.15) is 0 Å². The van der Waals surface area contributed by atoms with E-state index in [9.17, 15) is 18.3 Å². The molecule has 2 rings (SSSR count). The summed E-state index contributed by atoms with van der Waals surface area (Å²) < 4.78 is 44.1. The van der Waals surface area contributed by atoms with Gasteiger partial charge in [0.05, 0.1) is 12.1 Å². The van der Waals surface area contributed by atoms with Gasteiger partial charge in [-0.1, -0.05) is 17.7 Å². The van der Waals surface area contributed by atoms with E-state index < -0.39 is 23.6 Å². The van der Waals surface area contributed by atoms with Crippen molar-refractivity contribution in [1.29, 1.82) is 0 Å². The predicted molar refractivity (Wildman–Crippen MR) is 68.4 cm³/mol. The van der Waals surface area contributed by atoms with Crippen LogP contribution in [0.25, 0.3) is 0 Å². The maximum Gasteiger partial charge on any atom is 0.194 e. The van der Waals surface area contributed by atoms with Crippen LogP contribution in [0.2, 0.25) is 5.02 Å². The molecule has 106 valence electrons. The summed E-state index contributed by atoms with van der Waals surface area (Å²) in [4.78, 5) is 0. The minimum Gasteiger partial charge on any atom is -0.495 e. The molecule has 0 aliphatic rings. The van der Waals surface area contributed by atoms with Gasteiger partial charge in [0, 0.05) is 0 Å². The van der Waals surface area contributed by atoms with Crippen molar-refractivity contribution in [3.63, 3.8) is 0 Å². The van der Waals surface area contributed by atoms with Crippen LogP contribution in [0.15, 0.2) is 30.3 Å². The second kappa shape index (κ2) is 5.73. The average molecular weight is 303 g/mol. The summed E-state index contributed by atoms with van der Waals surface area (Å²) >= 11 is 5.90. The number of aliphatic hydroxyl groups is 1. The number of methoxy groups -OCH3 is 1. The van der Waals surface area contributed by atoms with E-state index in [4.69, 9.17) is 16.3 Å². The Hall–Kier alpha value is -1.72. The SMILES string of the molecule is COc1ccc(C(O)c2cc(F)c(F)c(F)c2)cc1Cl. The fourth-order valence-corrected chi connectivity index (χ4v) is 2.04. The van der Waals surface area contributed by atoms with E-state index in [1.54, 1.807) is 0 Å². The second-order valence-electron chi connectivity index (χ2n) is 4.10. The van der Waals surface area contributed by atoms with Gasteiger partial charge in [0.2, 0.25) is 0 Å². The monoisotopic (exact) mass is 302 g/mol. The quantitative estimate of drug-likeness (QED) is 0.873. The lowest BCUT2D eigenvalue weighted by atomic mass is 10.0. The summed E-state index contributed by atoms with van der Waals surface area (Å²) in [6, 6.07) is 5.89. The Morgan fingerprint density at radius 1 is 1.05 bits per heavy atom. The van der Waals surface area contributed by atoms with Crippen molar-refractivity contribution in [2.75, 3.05) is 7.11 Å². The Bertz CT molecular complexity index is 623. The minimum atomic E-state index is -1.58. The lowest BCUT2D eigenvalue weighted by Crippen LogP contribution is -2.03. The summed E-state index contributed by atoms with van der Waals surface area (Å²) in [7, 11) is 1.43. The van der Waals surface area contributed by atoms with Crippen molar-refractivity contribution in [2.45, 2.75) is 6.10 Å². The molecule has 0 saturated carbocycles. The molecule has 2 aromatic rings. The van der Waals surface area contributed by atoms with Crippen molar-refractivity contribution in [1.82, 2.24) is 0 Å². The minimum absolute atomic E-state index is 0.109. The number of hydrogen-bond donors (Lipinski definition) is 1. The molecule has 0 spiro atoms. The summed E-state index contributed by atoms with van der Waals surface area (Å²) in [5, 5.41) is 10.3. The highest BCUT2D eigenvalue weighted by atomic mass is 35.5. The molecule has 2 nitrogen and oxygen atoms in total. The summed E-state index contributed by atoms with van der Waals surface area (Å²) in [6.45, 7) is 0. The molecule has 0 aromatic heterocycles. The van der Waals surface area contributed by atoms with Crippen LogP contribution in [-0.4, -0.2) is 12.2 Å². The zero-order chi connectivity index (χ0) is 14.9. The Morgan fingerprint density at radius 3 is 2.15 bits per heavy atom. The first-order valence-electron chi connectivity index (χ1n) is 5.60. The van der Waals surface area contributed by atoms with Crippen LogP contribution in [0.5, 0.6) is 5.75 Å². The van der Waals surface area contributed by atoms with E-state index in [1.165, 1.54) is 25.3 Å². The Morgan fingerprint density at radius 2 is 1.65 bits per heavy atom. The molecule has 0 heterocycles. The average Bonchev–Trinajstić information content (AvgIpc) is 2.43. The predicted octanol–water partition coefficient (Wildman–Crippen LogP) is 3.85. The fourth-order valence-electron chi connectivity index (χ4n) is 1.78. The number of rotatable bonds is 3. The Labute approximate surface area is 118 Å². The Balaban J connectivity index is 2.41. The number of halogens is 4. The first kappa shape index (κ1) is 14.7. The van der Waals surface area contributed by atoms with Crippen molar-refractivity contribution >= 4 is 11.6 Å². The summed E-state index contributed by atoms with van der Waals surface area (Å²) in [5.74, 6) is -3.90. The van der Waals surface area contributed by atoms with Crippen LogP contribution >= 0.6 is 11.6 Å². The first-order valence-corrected chi connectivity index (χ1v) is 5.97. The molecule has 0 bridgehead atoms. The van der Waals surface area contributed by atoms with E-state index in [-0.39, 0.29) is 10.6 Å². The first-order chi connectivity index (χ1) is 9.43. The summed E-state index contributed by atoms with van der Waals surface area (Å²) in [6.07, 6.45) is -1.33. The number of aliphatic hydroxyl groups excluding tert-OH is 1. The van der Waals surface area contributed by atoms with Crippen molar-refractivity contribution in [3.05, 3.63) is 63.9 Å². The van der Waals surface area contributed by atoms with Crippen LogP contribution in [0.4, 0.5) is 13.2 Å². The van der Waals surface area contributed by atoms with Crippen LogP contribution in [-0.2, 0) is 0 Å². The van der Waals surface area contributed by atoms with E-state index in [0.29, 0.717) is 11.3 Å². The molecular formula is C14H10ClF3O2. The molecule has 0 fully saturated rings. The molecule has 20 heavy (non-hydrogen) atoms. The van der Waals surface area contributed by atoms with Gasteiger partial charge >= 0.3 is 0 Å².